The predicted molar refractivity (Wildman–Crippen MR) is 85.0 cm³/mol. The molecular weight excluding hydrogens is 332 g/mol. The number of nitro groups is 1. The monoisotopic (exact) mass is 350 g/mol. The lowest BCUT2D eigenvalue weighted by Crippen LogP contribution is -2.37. The van der Waals surface area contributed by atoms with Crippen molar-refractivity contribution in [2.75, 3.05) is 13.7 Å². The van der Waals surface area contributed by atoms with Gasteiger partial charge in [0.1, 0.15) is 0 Å². The van der Waals surface area contributed by atoms with Crippen LogP contribution >= 0.6 is 0 Å². The molecule has 1 aliphatic rings. The summed E-state index contributed by atoms with van der Waals surface area (Å²) in [5.74, 6) is -1.76. The molecule has 0 saturated heterocycles. The van der Waals surface area contributed by atoms with Gasteiger partial charge in [-0.15, -0.1) is 0 Å². The molecule has 9 heteroatoms. The fraction of sp³-hybridized carbons (Fsp3) is 0.438. The number of nitrogens with zero attached hydrogens (tertiary/aromatic N) is 1. The number of non-ortho nitro benzene ring substituents is 1. The Kier molecular flexibility index (Phi) is 5.68. The Balaban J connectivity index is 2.04. The lowest BCUT2D eigenvalue weighted by atomic mass is 10.1. The van der Waals surface area contributed by atoms with Crippen LogP contribution < -0.4 is 5.32 Å². The minimum atomic E-state index is -0.942. The second-order valence-corrected chi connectivity index (χ2v) is 5.79. The summed E-state index contributed by atoms with van der Waals surface area (Å²) in [5.41, 5.74) is -0.824. The summed E-state index contributed by atoms with van der Waals surface area (Å²) in [6.07, 6.45) is 2.12. The maximum atomic E-state index is 12.0. The zero-order valence-corrected chi connectivity index (χ0v) is 13.8. The van der Waals surface area contributed by atoms with Gasteiger partial charge in [-0.05, 0) is 31.7 Å². The first-order valence-corrected chi connectivity index (χ1v) is 7.66. The van der Waals surface area contributed by atoms with Gasteiger partial charge in [0.2, 0.25) is 0 Å². The molecule has 134 valence electrons. The lowest BCUT2D eigenvalue weighted by molar-refractivity contribution is -0.384. The molecule has 9 nitrogen and oxygen atoms in total. The summed E-state index contributed by atoms with van der Waals surface area (Å²) >= 11 is 0. The van der Waals surface area contributed by atoms with Crippen molar-refractivity contribution in [3.63, 3.8) is 0 Å². The van der Waals surface area contributed by atoms with E-state index >= 15 is 0 Å². The van der Waals surface area contributed by atoms with Crippen LogP contribution in [0.25, 0.3) is 0 Å². The number of esters is 2. The van der Waals surface area contributed by atoms with Gasteiger partial charge in [0.25, 0.3) is 11.6 Å². The largest absolute Gasteiger partial charge is 0.465 e. The van der Waals surface area contributed by atoms with E-state index in [-0.39, 0.29) is 17.2 Å². The second kappa shape index (κ2) is 7.73. The Hall–Kier alpha value is -2.97. The number of methoxy groups -OCH3 is 1. The van der Waals surface area contributed by atoms with Gasteiger partial charge in [0.15, 0.2) is 6.61 Å². The standard InChI is InChI=1S/C16H18N2O7/c1-9(10-3-4-10)17-14(19)8-25-16(21)12-5-11(15(20)24-2)6-13(7-12)18(22)23/h5-7,9-10H,3-4,8H2,1-2H3,(H,17,19)/t9-/m0/s1. The van der Waals surface area contributed by atoms with Crippen molar-refractivity contribution in [2.24, 2.45) is 5.92 Å². The first-order valence-electron chi connectivity index (χ1n) is 7.66. The fourth-order valence-electron chi connectivity index (χ4n) is 2.29. The van der Waals surface area contributed by atoms with Crippen molar-refractivity contribution in [3.05, 3.63) is 39.4 Å². The molecule has 2 rings (SSSR count). The number of carbonyl (C=O) groups is 3. The van der Waals surface area contributed by atoms with Crippen molar-refractivity contribution in [3.8, 4) is 0 Å². The topological polar surface area (TPSA) is 125 Å². The quantitative estimate of drug-likeness (QED) is 0.448. The van der Waals surface area contributed by atoms with Crippen molar-refractivity contribution >= 4 is 23.5 Å². The number of ether oxygens (including phenoxy) is 2. The van der Waals surface area contributed by atoms with Gasteiger partial charge >= 0.3 is 11.9 Å². The summed E-state index contributed by atoms with van der Waals surface area (Å²) in [6.45, 7) is 1.37. The number of nitrogens with one attached hydrogen (secondary N) is 1. The third-order valence-corrected chi connectivity index (χ3v) is 3.84. The van der Waals surface area contributed by atoms with Crippen molar-refractivity contribution in [1.29, 1.82) is 0 Å². The van der Waals surface area contributed by atoms with Crippen LogP contribution in [-0.4, -0.2) is 42.5 Å². The van der Waals surface area contributed by atoms with Crippen LogP contribution in [0.3, 0.4) is 0 Å². The van der Waals surface area contributed by atoms with Gasteiger partial charge in [0.05, 0.1) is 23.2 Å². The van der Waals surface area contributed by atoms with E-state index in [0.717, 1.165) is 38.2 Å². The number of benzene rings is 1. The third-order valence-electron chi connectivity index (χ3n) is 3.84. The summed E-state index contributed by atoms with van der Waals surface area (Å²) in [4.78, 5) is 45.5. The maximum absolute atomic E-state index is 12.0. The van der Waals surface area contributed by atoms with E-state index in [1.807, 2.05) is 6.92 Å². The average molecular weight is 350 g/mol. The number of amides is 1. The average Bonchev–Trinajstić information content (AvgIpc) is 3.43. The van der Waals surface area contributed by atoms with E-state index in [0.29, 0.717) is 5.92 Å². The molecule has 0 bridgehead atoms. The van der Waals surface area contributed by atoms with Gasteiger partial charge in [-0.25, -0.2) is 9.59 Å². The zero-order chi connectivity index (χ0) is 18.6. The smallest absolute Gasteiger partial charge is 0.338 e. The third kappa shape index (κ3) is 5.00. The Morgan fingerprint density at radius 2 is 1.84 bits per heavy atom. The highest BCUT2D eigenvalue weighted by Crippen LogP contribution is 2.32. The molecule has 0 aliphatic heterocycles. The molecule has 0 spiro atoms. The molecule has 1 N–H and O–H groups in total. The fourth-order valence-corrected chi connectivity index (χ4v) is 2.29. The van der Waals surface area contributed by atoms with Gasteiger partial charge in [-0.1, -0.05) is 0 Å². The number of hydrogen-bond donors (Lipinski definition) is 1. The SMILES string of the molecule is COC(=O)c1cc(C(=O)OCC(=O)N[C@@H](C)C2CC2)cc([N+](=O)[O-])c1. The lowest BCUT2D eigenvalue weighted by Gasteiger charge is -2.12. The van der Waals surface area contributed by atoms with Gasteiger partial charge in [-0.2, -0.15) is 0 Å². The first-order chi connectivity index (χ1) is 11.8. The molecule has 1 fully saturated rings. The Morgan fingerprint density at radius 3 is 2.36 bits per heavy atom. The molecule has 0 aromatic heterocycles. The van der Waals surface area contributed by atoms with E-state index in [4.69, 9.17) is 4.74 Å². The summed E-state index contributed by atoms with van der Waals surface area (Å²) in [7, 11) is 1.12. The highest BCUT2D eigenvalue weighted by molar-refractivity contribution is 5.97. The summed E-state index contributed by atoms with van der Waals surface area (Å²) < 4.78 is 9.37. The molecule has 1 amide bonds. The van der Waals surface area contributed by atoms with Gasteiger partial charge in [0, 0.05) is 18.2 Å². The van der Waals surface area contributed by atoms with Gasteiger partial charge < -0.3 is 14.8 Å². The van der Waals surface area contributed by atoms with Crippen molar-refractivity contribution in [2.45, 2.75) is 25.8 Å². The number of nitro benzene ring substituents is 1. The number of rotatable bonds is 7. The van der Waals surface area contributed by atoms with Crippen molar-refractivity contribution < 1.29 is 28.8 Å². The minimum absolute atomic E-state index is 0.00921. The van der Waals surface area contributed by atoms with E-state index in [1.54, 1.807) is 0 Å². The van der Waals surface area contributed by atoms with E-state index in [9.17, 15) is 24.5 Å². The molecule has 1 saturated carbocycles. The Bertz CT molecular complexity index is 712. The summed E-state index contributed by atoms with van der Waals surface area (Å²) in [5, 5.41) is 13.7. The molecular formula is C16H18N2O7. The Labute approximate surface area is 143 Å². The Morgan fingerprint density at radius 1 is 1.24 bits per heavy atom. The molecule has 0 heterocycles. The normalized spacial score (nSPS) is 14.3. The van der Waals surface area contributed by atoms with Crippen LogP contribution in [0.2, 0.25) is 0 Å². The summed E-state index contributed by atoms with van der Waals surface area (Å²) in [6, 6.07) is 3.09. The van der Waals surface area contributed by atoms with Crippen molar-refractivity contribution in [1.82, 2.24) is 5.32 Å². The molecule has 1 aromatic carbocycles. The second-order valence-electron chi connectivity index (χ2n) is 5.79. The molecule has 1 atom stereocenters. The van der Waals surface area contributed by atoms with Gasteiger partial charge in [-0.3, -0.25) is 14.9 Å². The zero-order valence-electron chi connectivity index (χ0n) is 13.8. The van der Waals surface area contributed by atoms with E-state index in [1.165, 1.54) is 0 Å². The van der Waals surface area contributed by atoms with Crippen LogP contribution in [-0.2, 0) is 14.3 Å². The predicted octanol–water partition coefficient (Wildman–Crippen LogP) is 1.45. The van der Waals surface area contributed by atoms with Crippen LogP contribution in [0, 0.1) is 16.0 Å². The molecule has 1 aliphatic carbocycles. The highest BCUT2D eigenvalue weighted by atomic mass is 16.6. The molecule has 0 radical (unpaired) electrons. The maximum Gasteiger partial charge on any atom is 0.338 e. The highest BCUT2D eigenvalue weighted by Gasteiger charge is 2.29. The molecule has 0 unspecified atom stereocenters. The van der Waals surface area contributed by atoms with E-state index < -0.39 is 35.1 Å². The minimum Gasteiger partial charge on any atom is -0.465 e. The van der Waals surface area contributed by atoms with Crippen LogP contribution in [0.4, 0.5) is 5.69 Å². The first kappa shape index (κ1) is 18.4. The van der Waals surface area contributed by atoms with Crippen LogP contribution in [0.15, 0.2) is 18.2 Å². The molecule has 25 heavy (non-hydrogen) atoms. The number of carbonyl (C=O) groups excluding carboxylic acids is 3. The van der Waals surface area contributed by atoms with E-state index in [2.05, 4.69) is 10.1 Å². The number of hydrogen-bond acceptors (Lipinski definition) is 7. The molecule has 1 aromatic rings. The van der Waals surface area contributed by atoms with Crippen LogP contribution in [0.5, 0.6) is 0 Å². The van der Waals surface area contributed by atoms with Crippen LogP contribution in [0.1, 0.15) is 40.5 Å².